The summed E-state index contributed by atoms with van der Waals surface area (Å²) in [6.45, 7) is 5.49. The molecular weight excluding hydrogens is 300 g/mol. The van der Waals surface area contributed by atoms with Gasteiger partial charge in [-0.2, -0.15) is 0 Å². The summed E-state index contributed by atoms with van der Waals surface area (Å²) < 4.78 is 1.07. The van der Waals surface area contributed by atoms with Gasteiger partial charge in [-0.15, -0.1) is 0 Å². The highest BCUT2D eigenvalue weighted by Crippen LogP contribution is 2.14. The van der Waals surface area contributed by atoms with Crippen LogP contribution in [-0.2, 0) is 6.42 Å². The van der Waals surface area contributed by atoms with Crippen LogP contribution >= 0.6 is 15.9 Å². The number of halogens is 1. The van der Waals surface area contributed by atoms with E-state index in [9.17, 15) is 0 Å². The van der Waals surface area contributed by atoms with Gasteiger partial charge < -0.3 is 5.32 Å². The average molecular weight is 327 g/mol. The number of nitrogens with one attached hydrogen (secondary N) is 1. The molecule has 0 radical (unpaired) electrons. The van der Waals surface area contributed by atoms with Crippen LogP contribution in [0.25, 0.3) is 0 Å². The van der Waals surface area contributed by atoms with Gasteiger partial charge in [0.05, 0.1) is 0 Å². The van der Waals surface area contributed by atoms with Crippen molar-refractivity contribution in [3.63, 3.8) is 0 Å². The summed E-state index contributed by atoms with van der Waals surface area (Å²) >= 11 is 3.49. The zero-order valence-corrected chi connectivity index (χ0v) is 13.9. The van der Waals surface area contributed by atoms with E-state index >= 15 is 0 Å². The van der Waals surface area contributed by atoms with Gasteiger partial charge in [-0.05, 0) is 46.9 Å². The number of unbranched alkanes of at least 4 members (excludes halogenated alkanes) is 4. The van der Waals surface area contributed by atoms with Crippen molar-refractivity contribution in [1.82, 2.24) is 10.3 Å². The highest BCUT2D eigenvalue weighted by Gasteiger charge is 2.08. The van der Waals surface area contributed by atoms with Gasteiger partial charge in [-0.3, -0.25) is 4.98 Å². The molecule has 0 spiro atoms. The van der Waals surface area contributed by atoms with E-state index in [1.54, 1.807) is 0 Å². The maximum Gasteiger partial charge on any atom is 0.0410 e. The van der Waals surface area contributed by atoms with Crippen molar-refractivity contribution in [3.05, 3.63) is 28.5 Å². The molecule has 1 unspecified atom stereocenters. The van der Waals surface area contributed by atoms with Crippen LogP contribution in [0.1, 0.15) is 57.9 Å². The summed E-state index contributed by atoms with van der Waals surface area (Å²) in [5, 5.41) is 3.60. The molecule has 1 N–H and O–H groups in total. The van der Waals surface area contributed by atoms with Crippen molar-refractivity contribution in [1.29, 1.82) is 0 Å². The number of aromatic nitrogens is 1. The van der Waals surface area contributed by atoms with E-state index in [2.05, 4.69) is 46.1 Å². The number of likely N-dealkylation sites (N-methyl/N-ethyl adjacent to an activating group) is 1. The smallest absolute Gasteiger partial charge is 0.0410 e. The van der Waals surface area contributed by atoms with Crippen LogP contribution in [0.4, 0.5) is 0 Å². The molecule has 1 atom stereocenters. The molecule has 2 nitrogen and oxygen atoms in total. The van der Waals surface area contributed by atoms with Gasteiger partial charge in [-0.1, -0.05) is 46.0 Å². The third-order valence-corrected chi connectivity index (χ3v) is 3.83. The number of nitrogens with zero attached hydrogens (tertiary/aromatic N) is 1. The van der Waals surface area contributed by atoms with E-state index in [1.807, 2.05) is 12.4 Å². The summed E-state index contributed by atoms with van der Waals surface area (Å²) in [5.41, 5.74) is 1.31. The molecule has 1 rings (SSSR count). The van der Waals surface area contributed by atoms with Crippen LogP contribution < -0.4 is 5.32 Å². The molecular formula is C16H27BrN2. The lowest BCUT2D eigenvalue weighted by Crippen LogP contribution is -2.31. The van der Waals surface area contributed by atoms with E-state index in [0.29, 0.717) is 6.04 Å². The first-order valence-electron chi connectivity index (χ1n) is 7.59. The monoisotopic (exact) mass is 326 g/mol. The third kappa shape index (κ3) is 7.68. The summed E-state index contributed by atoms with van der Waals surface area (Å²) in [7, 11) is 0. The molecule has 1 heterocycles. The van der Waals surface area contributed by atoms with Crippen molar-refractivity contribution in [3.8, 4) is 0 Å². The molecule has 19 heavy (non-hydrogen) atoms. The van der Waals surface area contributed by atoms with Crippen molar-refractivity contribution in [2.45, 2.75) is 64.8 Å². The van der Waals surface area contributed by atoms with Crippen LogP contribution in [0.5, 0.6) is 0 Å². The molecule has 0 aliphatic carbocycles. The van der Waals surface area contributed by atoms with Crippen molar-refractivity contribution < 1.29 is 0 Å². The fourth-order valence-corrected chi connectivity index (χ4v) is 2.82. The highest BCUT2D eigenvalue weighted by molar-refractivity contribution is 9.10. The Morgan fingerprint density at radius 3 is 2.63 bits per heavy atom. The fourth-order valence-electron chi connectivity index (χ4n) is 2.41. The first-order valence-corrected chi connectivity index (χ1v) is 8.38. The Balaban J connectivity index is 2.35. The van der Waals surface area contributed by atoms with Crippen LogP contribution in [-0.4, -0.2) is 17.6 Å². The summed E-state index contributed by atoms with van der Waals surface area (Å²) in [6, 6.07) is 2.76. The highest BCUT2D eigenvalue weighted by atomic mass is 79.9. The second-order valence-electron chi connectivity index (χ2n) is 5.17. The molecule has 3 heteroatoms. The Morgan fingerprint density at radius 2 is 1.95 bits per heavy atom. The summed E-state index contributed by atoms with van der Waals surface area (Å²) in [6.07, 6.45) is 12.9. The van der Waals surface area contributed by atoms with E-state index in [4.69, 9.17) is 0 Å². The minimum absolute atomic E-state index is 0.586. The van der Waals surface area contributed by atoms with Gasteiger partial charge in [0.1, 0.15) is 0 Å². The Labute approximate surface area is 126 Å². The zero-order chi connectivity index (χ0) is 13.9. The quantitative estimate of drug-likeness (QED) is 0.629. The topological polar surface area (TPSA) is 24.9 Å². The van der Waals surface area contributed by atoms with E-state index < -0.39 is 0 Å². The first-order chi connectivity index (χ1) is 9.26. The average Bonchev–Trinajstić information content (AvgIpc) is 2.38. The van der Waals surface area contributed by atoms with Crippen LogP contribution in [0, 0.1) is 0 Å². The minimum Gasteiger partial charge on any atom is -0.314 e. The second kappa shape index (κ2) is 10.4. The molecule has 0 bridgehead atoms. The predicted octanol–water partition coefficient (Wildman–Crippen LogP) is 4.73. The summed E-state index contributed by atoms with van der Waals surface area (Å²) in [4.78, 5) is 4.24. The SMILES string of the molecule is CCCCCCCC(Cc1cncc(Br)c1)NCC. The Kier molecular flexibility index (Phi) is 9.10. The van der Waals surface area contributed by atoms with E-state index in [0.717, 1.165) is 17.4 Å². The number of hydrogen-bond donors (Lipinski definition) is 1. The largest absolute Gasteiger partial charge is 0.314 e. The number of rotatable bonds is 10. The Bertz CT molecular complexity index is 341. The van der Waals surface area contributed by atoms with Gasteiger partial charge in [0.2, 0.25) is 0 Å². The maximum absolute atomic E-state index is 4.24. The molecule has 0 saturated carbocycles. The minimum atomic E-state index is 0.586. The van der Waals surface area contributed by atoms with E-state index in [-0.39, 0.29) is 0 Å². The van der Waals surface area contributed by atoms with Crippen LogP contribution in [0.15, 0.2) is 22.9 Å². The van der Waals surface area contributed by atoms with Crippen LogP contribution in [0.3, 0.4) is 0 Å². The van der Waals surface area contributed by atoms with E-state index in [1.165, 1.54) is 44.1 Å². The van der Waals surface area contributed by atoms with Gasteiger partial charge in [0.15, 0.2) is 0 Å². The fraction of sp³-hybridized carbons (Fsp3) is 0.688. The van der Waals surface area contributed by atoms with Crippen molar-refractivity contribution >= 4 is 15.9 Å². The number of pyridine rings is 1. The molecule has 0 aliphatic heterocycles. The van der Waals surface area contributed by atoms with Crippen LogP contribution in [0.2, 0.25) is 0 Å². The Hall–Kier alpha value is -0.410. The second-order valence-corrected chi connectivity index (χ2v) is 6.09. The zero-order valence-electron chi connectivity index (χ0n) is 12.3. The third-order valence-electron chi connectivity index (χ3n) is 3.39. The molecule has 0 aliphatic rings. The molecule has 0 saturated heterocycles. The molecule has 108 valence electrons. The molecule has 0 fully saturated rings. The van der Waals surface area contributed by atoms with Gasteiger partial charge in [0, 0.05) is 22.9 Å². The van der Waals surface area contributed by atoms with Gasteiger partial charge >= 0.3 is 0 Å². The molecule has 0 amide bonds. The molecule has 0 aromatic carbocycles. The first kappa shape index (κ1) is 16.6. The normalized spacial score (nSPS) is 12.6. The van der Waals surface area contributed by atoms with Gasteiger partial charge in [0.25, 0.3) is 0 Å². The predicted molar refractivity (Wildman–Crippen MR) is 86.5 cm³/mol. The lowest BCUT2D eigenvalue weighted by Gasteiger charge is -2.18. The van der Waals surface area contributed by atoms with Crippen molar-refractivity contribution in [2.24, 2.45) is 0 Å². The standard InChI is InChI=1S/C16H27BrN2/c1-3-5-6-7-8-9-16(19-4-2)11-14-10-15(17)13-18-12-14/h10,12-13,16,19H,3-9,11H2,1-2H3. The lowest BCUT2D eigenvalue weighted by atomic mass is 10.0. The summed E-state index contributed by atoms with van der Waals surface area (Å²) in [5.74, 6) is 0. The maximum atomic E-state index is 4.24. The molecule has 1 aromatic rings. The Morgan fingerprint density at radius 1 is 1.16 bits per heavy atom. The number of hydrogen-bond acceptors (Lipinski definition) is 2. The van der Waals surface area contributed by atoms with Crippen molar-refractivity contribution in [2.75, 3.05) is 6.54 Å². The molecule has 1 aromatic heterocycles. The lowest BCUT2D eigenvalue weighted by molar-refractivity contribution is 0.460. The van der Waals surface area contributed by atoms with Gasteiger partial charge in [-0.25, -0.2) is 0 Å².